The average Bonchev–Trinajstić information content (AvgIpc) is 3.53. The monoisotopic (exact) mass is 404 g/mol. The molecule has 1 aliphatic rings. The van der Waals surface area contributed by atoms with Gasteiger partial charge in [0.05, 0.1) is 0 Å². The highest BCUT2D eigenvalue weighted by molar-refractivity contribution is 6.05. The Morgan fingerprint density at radius 1 is 0.774 bits per heavy atom. The zero-order valence-corrected chi connectivity index (χ0v) is 17.2. The van der Waals surface area contributed by atoms with E-state index in [2.05, 4.69) is 29.6 Å². The number of rotatable bonds is 5. The molecule has 0 heterocycles. The van der Waals surface area contributed by atoms with E-state index in [1.807, 2.05) is 84.9 Å². The second-order valence-electron chi connectivity index (χ2n) is 8.19. The first-order valence-electron chi connectivity index (χ1n) is 10.5. The van der Waals surface area contributed by atoms with E-state index >= 15 is 0 Å². The maximum absolute atomic E-state index is 12.8. The fourth-order valence-electron chi connectivity index (χ4n) is 4.23. The van der Waals surface area contributed by atoms with Crippen molar-refractivity contribution in [3.63, 3.8) is 0 Å². The van der Waals surface area contributed by atoms with Crippen LogP contribution in [-0.2, 0) is 5.54 Å². The van der Waals surface area contributed by atoms with Gasteiger partial charge in [0.2, 0.25) is 0 Å². The minimum absolute atomic E-state index is 0.116. The van der Waals surface area contributed by atoms with E-state index in [0.717, 1.165) is 23.2 Å². The lowest BCUT2D eigenvalue weighted by atomic mass is 9.99. The quantitative estimate of drug-likeness (QED) is 0.432. The smallest absolute Gasteiger partial charge is 0.255 e. The van der Waals surface area contributed by atoms with Crippen LogP contribution in [-0.4, -0.2) is 5.91 Å². The normalized spacial score (nSPS) is 19.6. The van der Waals surface area contributed by atoms with Crippen LogP contribution in [0.2, 0.25) is 0 Å². The highest BCUT2D eigenvalue weighted by Crippen LogP contribution is 2.56. The van der Waals surface area contributed by atoms with Gasteiger partial charge in [-0.1, -0.05) is 84.9 Å². The molecule has 4 aromatic carbocycles. The van der Waals surface area contributed by atoms with Crippen molar-refractivity contribution in [2.45, 2.75) is 17.9 Å². The van der Waals surface area contributed by atoms with Gasteiger partial charge in [0.1, 0.15) is 0 Å². The molecule has 0 bridgehead atoms. The Morgan fingerprint density at radius 3 is 2.13 bits per heavy atom. The Bertz CT molecular complexity index is 1200. The van der Waals surface area contributed by atoms with Crippen LogP contribution in [0.5, 0.6) is 0 Å². The van der Waals surface area contributed by atoms with Crippen LogP contribution in [0.25, 0.3) is 11.1 Å². The molecule has 0 radical (unpaired) electrons. The molecule has 3 nitrogen and oxygen atoms in total. The predicted molar refractivity (Wildman–Crippen MR) is 126 cm³/mol. The topological polar surface area (TPSA) is 55.1 Å². The lowest BCUT2D eigenvalue weighted by molar-refractivity contribution is 0.102. The summed E-state index contributed by atoms with van der Waals surface area (Å²) in [6.45, 7) is 0. The summed E-state index contributed by atoms with van der Waals surface area (Å²) in [5, 5.41) is 3.01. The molecule has 3 heteroatoms. The zero-order chi connectivity index (χ0) is 21.3. The van der Waals surface area contributed by atoms with Crippen LogP contribution >= 0.6 is 0 Å². The number of hydrogen-bond acceptors (Lipinski definition) is 2. The molecular formula is C28H24N2O. The fraction of sp³-hybridized carbons (Fsp3) is 0.107. The van der Waals surface area contributed by atoms with Crippen molar-refractivity contribution in [1.29, 1.82) is 0 Å². The summed E-state index contributed by atoms with van der Waals surface area (Å²) in [6, 6.07) is 36.1. The Labute approximate surface area is 182 Å². The first-order chi connectivity index (χ1) is 15.1. The second kappa shape index (κ2) is 7.86. The van der Waals surface area contributed by atoms with Gasteiger partial charge in [0, 0.05) is 22.7 Å². The standard InChI is InChI=1S/C28H24N2O/c29-28(24-12-5-2-6-13-24)19-26(28)21-14-16-25(17-15-21)30-27(31)23-11-7-10-22(18-23)20-8-3-1-4-9-20/h1-18,26H,19,29H2,(H,30,31)/t26-,28-/m0/s1. The van der Waals surface area contributed by atoms with Gasteiger partial charge in [-0.05, 0) is 52.9 Å². The molecule has 0 aliphatic heterocycles. The Kier molecular flexibility index (Phi) is 4.89. The van der Waals surface area contributed by atoms with Gasteiger partial charge in [0.25, 0.3) is 5.91 Å². The molecule has 31 heavy (non-hydrogen) atoms. The van der Waals surface area contributed by atoms with Crippen molar-refractivity contribution in [3.05, 3.63) is 126 Å². The Hall–Kier alpha value is -3.69. The molecule has 152 valence electrons. The summed E-state index contributed by atoms with van der Waals surface area (Å²) in [7, 11) is 0. The van der Waals surface area contributed by atoms with Crippen molar-refractivity contribution in [2.75, 3.05) is 5.32 Å². The van der Waals surface area contributed by atoms with E-state index in [-0.39, 0.29) is 11.4 Å². The van der Waals surface area contributed by atoms with Crippen LogP contribution in [0.4, 0.5) is 5.69 Å². The summed E-state index contributed by atoms with van der Waals surface area (Å²) in [5.74, 6) is 0.191. The molecule has 0 spiro atoms. The molecule has 3 N–H and O–H groups in total. The van der Waals surface area contributed by atoms with E-state index in [9.17, 15) is 4.79 Å². The summed E-state index contributed by atoms with van der Waals surface area (Å²) >= 11 is 0. The summed E-state index contributed by atoms with van der Waals surface area (Å²) < 4.78 is 0. The first-order valence-corrected chi connectivity index (χ1v) is 10.5. The second-order valence-corrected chi connectivity index (χ2v) is 8.19. The highest BCUT2D eigenvalue weighted by atomic mass is 16.1. The summed E-state index contributed by atoms with van der Waals surface area (Å²) in [4.78, 5) is 12.8. The van der Waals surface area contributed by atoms with E-state index in [4.69, 9.17) is 5.73 Å². The number of benzene rings is 4. The Morgan fingerprint density at radius 2 is 1.42 bits per heavy atom. The Balaban J connectivity index is 1.28. The molecule has 5 rings (SSSR count). The van der Waals surface area contributed by atoms with Gasteiger partial charge in [-0.15, -0.1) is 0 Å². The fourth-order valence-corrected chi connectivity index (χ4v) is 4.23. The molecule has 0 saturated heterocycles. The van der Waals surface area contributed by atoms with Gasteiger partial charge >= 0.3 is 0 Å². The molecule has 1 saturated carbocycles. The van der Waals surface area contributed by atoms with Gasteiger partial charge in [0.15, 0.2) is 0 Å². The molecule has 0 unspecified atom stereocenters. The minimum atomic E-state index is -0.288. The maximum Gasteiger partial charge on any atom is 0.255 e. The third-order valence-corrected chi connectivity index (χ3v) is 6.12. The lowest BCUT2D eigenvalue weighted by Gasteiger charge is -2.13. The van der Waals surface area contributed by atoms with Crippen LogP contribution in [0.15, 0.2) is 109 Å². The number of anilines is 1. The maximum atomic E-state index is 12.8. The van der Waals surface area contributed by atoms with Crippen LogP contribution < -0.4 is 11.1 Å². The molecule has 1 aliphatic carbocycles. The van der Waals surface area contributed by atoms with Crippen molar-refractivity contribution >= 4 is 11.6 Å². The largest absolute Gasteiger partial charge is 0.322 e. The van der Waals surface area contributed by atoms with Crippen LogP contribution in [0.3, 0.4) is 0 Å². The van der Waals surface area contributed by atoms with Gasteiger partial charge < -0.3 is 11.1 Å². The van der Waals surface area contributed by atoms with E-state index in [1.165, 1.54) is 11.1 Å². The minimum Gasteiger partial charge on any atom is -0.322 e. The number of amides is 1. The van der Waals surface area contributed by atoms with Crippen molar-refractivity contribution in [1.82, 2.24) is 0 Å². The third kappa shape index (κ3) is 3.88. The van der Waals surface area contributed by atoms with E-state index in [0.29, 0.717) is 11.5 Å². The zero-order valence-electron chi connectivity index (χ0n) is 17.2. The number of carbonyl (C=O) groups excluding carboxylic acids is 1. The average molecular weight is 405 g/mol. The number of nitrogens with two attached hydrogens (primary N) is 1. The predicted octanol–water partition coefficient (Wildman–Crippen LogP) is 5.95. The highest BCUT2D eigenvalue weighted by Gasteiger charge is 2.52. The van der Waals surface area contributed by atoms with Gasteiger partial charge in [-0.3, -0.25) is 4.79 Å². The number of nitrogens with one attached hydrogen (secondary N) is 1. The molecule has 1 fully saturated rings. The summed E-state index contributed by atoms with van der Waals surface area (Å²) in [6.07, 6.45) is 0.939. The van der Waals surface area contributed by atoms with Crippen molar-refractivity contribution < 1.29 is 4.79 Å². The number of carbonyl (C=O) groups is 1. The van der Waals surface area contributed by atoms with E-state index < -0.39 is 0 Å². The lowest BCUT2D eigenvalue weighted by Crippen LogP contribution is -2.21. The number of hydrogen-bond donors (Lipinski definition) is 2. The molecule has 0 aromatic heterocycles. The van der Waals surface area contributed by atoms with Crippen molar-refractivity contribution in [2.24, 2.45) is 5.73 Å². The molecule has 4 aromatic rings. The molecular weight excluding hydrogens is 380 g/mol. The first kappa shape index (κ1) is 19.3. The SMILES string of the molecule is N[C@]1(c2ccccc2)C[C@H]1c1ccc(NC(=O)c2cccc(-c3ccccc3)c2)cc1. The van der Waals surface area contributed by atoms with E-state index in [1.54, 1.807) is 0 Å². The van der Waals surface area contributed by atoms with Crippen molar-refractivity contribution in [3.8, 4) is 11.1 Å². The third-order valence-electron chi connectivity index (χ3n) is 6.12. The van der Waals surface area contributed by atoms with Crippen LogP contribution in [0, 0.1) is 0 Å². The van der Waals surface area contributed by atoms with Gasteiger partial charge in [-0.25, -0.2) is 0 Å². The molecule has 2 atom stereocenters. The molecule has 1 amide bonds. The van der Waals surface area contributed by atoms with Gasteiger partial charge in [-0.2, -0.15) is 0 Å². The summed E-state index contributed by atoms with van der Waals surface area (Å²) in [5.41, 5.74) is 12.3. The van der Waals surface area contributed by atoms with Crippen LogP contribution in [0.1, 0.15) is 33.8 Å².